The van der Waals surface area contributed by atoms with Crippen LogP contribution < -0.4 is 15.5 Å². The summed E-state index contributed by atoms with van der Waals surface area (Å²) in [5, 5.41) is 13.2. The highest BCUT2D eigenvalue weighted by molar-refractivity contribution is 5.99. The van der Waals surface area contributed by atoms with Gasteiger partial charge in [-0.2, -0.15) is 0 Å². The smallest absolute Gasteiger partial charge is 0.251 e. The predicted molar refractivity (Wildman–Crippen MR) is 110 cm³/mol. The number of benzene rings is 3. The Kier molecular flexibility index (Phi) is 5.01. The number of hydrogen-bond acceptors (Lipinski definition) is 5. The van der Waals surface area contributed by atoms with E-state index in [1.807, 2.05) is 30.3 Å². The summed E-state index contributed by atoms with van der Waals surface area (Å²) < 4.78 is 11.0. The molecular formula is C23H19NO5. The number of carbonyl (C=O) groups is 1. The Morgan fingerprint density at radius 2 is 1.83 bits per heavy atom. The average Bonchev–Trinajstić information content (AvgIpc) is 2.77. The Hall–Kier alpha value is -3.64. The molecule has 6 heteroatoms. The third kappa shape index (κ3) is 3.58. The van der Waals surface area contributed by atoms with Crippen molar-refractivity contribution in [2.75, 3.05) is 13.7 Å². The largest absolute Gasteiger partial charge is 0.497 e. The number of aliphatic hydroxyl groups is 1. The van der Waals surface area contributed by atoms with Gasteiger partial charge in [0.05, 0.1) is 30.5 Å². The van der Waals surface area contributed by atoms with Gasteiger partial charge in [0.1, 0.15) is 16.9 Å². The van der Waals surface area contributed by atoms with Crippen LogP contribution in [-0.4, -0.2) is 24.7 Å². The Bertz CT molecular complexity index is 1250. The number of ether oxygens (including phenoxy) is 1. The van der Waals surface area contributed by atoms with Crippen LogP contribution in [0.2, 0.25) is 0 Å². The van der Waals surface area contributed by atoms with E-state index in [9.17, 15) is 14.7 Å². The lowest BCUT2D eigenvalue weighted by Gasteiger charge is -2.17. The van der Waals surface area contributed by atoms with Crippen molar-refractivity contribution in [3.05, 3.63) is 88.1 Å². The van der Waals surface area contributed by atoms with E-state index in [2.05, 4.69) is 5.32 Å². The molecule has 146 valence electrons. The van der Waals surface area contributed by atoms with Crippen LogP contribution in [0, 0.1) is 0 Å². The van der Waals surface area contributed by atoms with Gasteiger partial charge < -0.3 is 19.6 Å². The number of rotatable bonds is 5. The zero-order chi connectivity index (χ0) is 20.4. The van der Waals surface area contributed by atoms with Gasteiger partial charge >= 0.3 is 0 Å². The monoisotopic (exact) mass is 389 g/mol. The minimum Gasteiger partial charge on any atom is -0.497 e. The second kappa shape index (κ2) is 7.77. The minimum atomic E-state index is -0.542. The molecule has 4 aromatic rings. The molecule has 2 N–H and O–H groups in total. The number of aliphatic hydroxyl groups excluding tert-OH is 1. The van der Waals surface area contributed by atoms with Crippen LogP contribution in [0.4, 0.5) is 0 Å². The fraction of sp³-hybridized carbons (Fsp3) is 0.130. The van der Waals surface area contributed by atoms with Crippen molar-refractivity contribution in [3.8, 4) is 5.75 Å². The first-order valence-corrected chi connectivity index (χ1v) is 9.12. The van der Waals surface area contributed by atoms with E-state index in [-0.39, 0.29) is 17.9 Å². The molecule has 0 radical (unpaired) electrons. The summed E-state index contributed by atoms with van der Waals surface area (Å²) in [4.78, 5) is 25.6. The molecule has 4 rings (SSSR count). The summed E-state index contributed by atoms with van der Waals surface area (Å²) in [6.45, 7) is -0.238. The van der Waals surface area contributed by atoms with Crippen molar-refractivity contribution in [2.24, 2.45) is 0 Å². The standard InChI is InChI=1S/C23H19NO5/c1-28-16-8-9-17-21(12-16)29-20-10-7-15(11-18(20)22(17)26)23(27)24-19(13-25)14-5-3-2-4-6-14/h2-12,19,25H,13H2,1H3,(H,24,27)/t19-/m1/s1. The molecule has 0 bridgehead atoms. The fourth-order valence-corrected chi connectivity index (χ4v) is 3.26. The number of methoxy groups -OCH3 is 1. The van der Waals surface area contributed by atoms with Gasteiger partial charge in [0.25, 0.3) is 5.91 Å². The summed E-state index contributed by atoms with van der Waals surface area (Å²) in [7, 11) is 1.54. The topological polar surface area (TPSA) is 88.8 Å². The van der Waals surface area contributed by atoms with Crippen LogP contribution in [0.3, 0.4) is 0 Å². The number of amides is 1. The average molecular weight is 389 g/mol. The van der Waals surface area contributed by atoms with Gasteiger partial charge in [-0.25, -0.2) is 0 Å². The van der Waals surface area contributed by atoms with Crippen molar-refractivity contribution in [3.63, 3.8) is 0 Å². The van der Waals surface area contributed by atoms with E-state index in [4.69, 9.17) is 9.15 Å². The highest BCUT2D eigenvalue weighted by atomic mass is 16.5. The maximum absolute atomic E-state index is 12.9. The van der Waals surface area contributed by atoms with Gasteiger partial charge in [-0.3, -0.25) is 9.59 Å². The second-order valence-electron chi connectivity index (χ2n) is 6.62. The lowest BCUT2D eigenvalue weighted by atomic mass is 10.1. The van der Waals surface area contributed by atoms with Gasteiger partial charge in [0.15, 0.2) is 0 Å². The quantitative estimate of drug-likeness (QED) is 0.511. The molecule has 1 amide bonds. The zero-order valence-corrected chi connectivity index (χ0v) is 15.7. The van der Waals surface area contributed by atoms with E-state index in [0.29, 0.717) is 33.3 Å². The summed E-state index contributed by atoms with van der Waals surface area (Å²) in [6, 6.07) is 18.3. The summed E-state index contributed by atoms with van der Waals surface area (Å²) in [6.07, 6.45) is 0. The molecule has 0 saturated carbocycles. The number of carbonyl (C=O) groups excluding carboxylic acids is 1. The molecule has 0 unspecified atom stereocenters. The van der Waals surface area contributed by atoms with E-state index >= 15 is 0 Å². The summed E-state index contributed by atoms with van der Waals surface area (Å²) in [5.74, 6) is 0.205. The van der Waals surface area contributed by atoms with Gasteiger partial charge in [0, 0.05) is 11.6 Å². The molecule has 29 heavy (non-hydrogen) atoms. The predicted octanol–water partition coefficient (Wildman–Crippen LogP) is 3.42. The van der Waals surface area contributed by atoms with Crippen LogP contribution in [0.1, 0.15) is 22.0 Å². The molecule has 1 aromatic heterocycles. The Balaban J connectivity index is 1.71. The molecule has 3 aromatic carbocycles. The van der Waals surface area contributed by atoms with E-state index in [1.165, 1.54) is 6.07 Å². The third-order valence-corrected chi connectivity index (χ3v) is 4.83. The first-order chi connectivity index (χ1) is 14.1. The third-order valence-electron chi connectivity index (χ3n) is 4.83. The zero-order valence-electron chi connectivity index (χ0n) is 15.7. The highest BCUT2D eigenvalue weighted by Crippen LogP contribution is 2.23. The normalized spacial score (nSPS) is 12.1. The first-order valence-electron chi connectivity index (χ1n) is 9.12. The lowest BCUT2D eigenvalue weighted by molar-refractivity contribution is 0.0916. The van der Waals surface area contributed by atoms with Crippen LogP contribution in [0.5, 0.6) is 5.75 Å². The fourth-order valence-electron chi connectivity index (χ4n) is 3.26. The molecule has 1 heterocycles. The Labute approximate surface area is 166 Å². The molecular weight excluding hydrogens is 370 g/mol. The molecule has 0 saturated heterocycles. The SMILES string of the molecule is COc1ccc2c(=O)c3cc(C(=O)N[C@H](CO)c4ccccc4)ccc3oc2c1. The van der Waals surface area contributed by atoms with Gasteiger partial charge in [-0.1, -0.05) is 30.3 Å². The lowest BCUT2D eigenvalue weighted by Crippen LogP contribution is -2.30. The summed E-state index contributed by atoms with van der Waals surface area (Å²) >= 11 is 0. The van der Waals surface area contributed by atoms with Crippen molar-refractivity contribution in [1.82, 2.24) is 5.32 Å². The summed E-state index contributed by atoms with van der Waals surface area (Å²) in [5.41, 5.74) is 1.69. The minimum absolute atomic E-state index is 0.222. The molecule has 0 aliphatic heterocycles. The maximum Gasteiger partial charge on any atom is 0.251 e. The number of nitrogens with one attached hydrogen (secondary N) is 1. The van der Waals surface area contributed by atoms with Crippen LogP contribution in [-0.2, 0) is 0 Å². The van der Waals surface area contributed by atoms with Crippen molar-refractivity contribution < 1.29 is 19.1 Å². The van der Waals surface area contributed by atoms with Gasteiger partial charge in [0.2, 0.25) is 5.43 Å². The maximum atomic E-state index is 12.9. The first kappa shape index (κ1) is 18.7. The highest BCUT2D eigenvalue weighted by Gasteiger charge is 2.17. The van der Waals surface area contributed by atoms with Crippen LogP contribution >= 0.6 is 0 Å². The molecule has 0 spiro atoms. The molecule has 0 aliphatic carbocycles. The van der Waals surface area contributed by atoms with E-state index in [1.54, 1.807) is 37.4 Å². The second-order valence-corrected chi connectivity index (χ2v) is 6.62. The van der Waals surface area contributed by atoms with Crippen LogP contribution in [0.25, 0.3) is 21.9 Å². The van der Waals surface area contributed by atoms with E-state index < -0.39 is 6.04 Å². The van der Waals surface area contributed by atoms with Crippen molar-refractivity contribution >= 4 is 27.8 Å². The number of hydrogen-bond donors (Lipinski definition) is 2. The van der Waals surface area contributed by atoms with Crippen LogP contribution in [0.15, 0.2) is 75.9 Å². The molecule has 1 atom stereocenters. The Morgan fingerprint density at radius 1 is 1.03 bits per heavy atom. The van der Waals surface area contributed by atoms with E-state index in [0.717, 1.165) is 5.56 Å². The molecule has 0 aliphatic rings. The number of fused-ring (bicyclic) bond motifs is 2. The van der Waals surface area contributed by atoms with Gasteiger partial charge in [-0.05, 0) is 35.9 Å². The van der Waals surface area contributed by atoms with Crippen molar-refractivity contribution in [2.45, 2.75) is 6.04 Å². The molecule has 0 fully saturated rings. The van der Waals surface area contributed by atoms with Gasteiger partial charge in [-0.15, -0.1) is 0 Å². The van der Waals surface area contributed by atoms with Crippen molar-refractivity contribution in [1.29, 1.82) is 0 Å². The molecule has 6 nitrogen and oxygen atoms in total. The Morgan fingerprint density at radius 3 is 2.55 bits per heavy atom.